The Bertz CT molecular complexity index is 842. The van der Waals surface area contributed by atoms with Crippen LogP contribution in [0.3, 0.4) is 0 Å². The number of hydrogen-bond acceptors (Lipinski definition) is 8. The molecule has 10 heteroatoms. The number of fused-ring (bicyclic) bond motifs is 1. The van der Waals surface area contributed by atoms with Crippen molar-refractivity contribution in [2.24, 2.45) is 0 Å². The van der Waals surface area contributed by atoms with E-state index in [1.165, 1.54) is 0 Å². The van der Waals surface area contributed by atoms with Crippen LogP contribution < -0.4 is 5.73 Å². The molecule has 29 heavy (non-hydrogen) atoms. The van der Waals surface area contributed by atoms with Crippen LogP contribution in [-0.4, -0.2) is 73.7 Å². The van der Waals surface area contributed by atoms with Gasteiger partial charge in [0.2, 0.25) is 0 Å². The first-order valence-electron chi connectivity index (χ1n) is 10.0. The van der Waals surface area contributed by atoms with E-state index < -0.39 is 10.8 Å². The first kappa shape index (κ1) is 22.3. The summed E-state index contributed by atoms with van der Waals surface area (Å²) in [4.78, 5) is 9.12. The summed E-state index contributed by atoms with van der Waals surface area (Å²) in [6.07, 6.45) is 2.31. The highest BCUT2D eigenvalue weighted by Gasteiger charge is 2.27. The maximum Gasteiger partial charge on any atom is 0.151 e. The lowest BCUT2D eigenvalue weighted by Gasteiger charge is -2.36. The summed E-state index contributed by atoms with van der Waals surface area (Å²) in [5.41, 5.74) is 9.84. The number of anilines is 1. The van der Waals surface area contributed by atoms with Crippen molar-refractivity contribution in [3.63, 3.8) is 0 Å². The normalized spacial score (nSPS) is 18.0. The first-order chi connectivity index (χ1) is 13.8. The molecule has 164 valence electrons. The number of nitrogens with two attached hydrogens (primary N) is 1. The molecule has 0 aromatic carbocycles. The number of ether oxygens (including phenoxy) is 2. The summed E-state index contributed by atoms with van der Waals surface area (Å²) < 4.78 is 34.9. The van der Waals surface area contributed by atoms with E-state index in [0.29, 0.717) is 50.9 Å². The van der Waals surface area contributed by atoms with Gasteiger partial charge < -0.3 is 19.8 Å². The van der Waals surface area contributed by atoms with Gasteiger partial charge in [-0.05, 0) is 32.3 Å². The average molecular weight is 428 g/mol. The minimum Gasteiger partial charge on any atom is -0.384 e. The van der Waals surface area contributed by atoms with E-state index in [2.05, 4.69) is 9.55 Å². The molecule has 2 aromatic rings. The van der Waals surface area contributed by atoms with E-state index in [9.17, 15) is 9.11 Å². The van der Waals surface area contributed by atoms with Gasteiger partial charge in [0.25, 0.3) is 0 Å². The van der Waals surface area contributed by atoms with Gasteiger partial charge in [0.05, 0.1) is 24.5 Å². The summed E-state index contributed by atoms with van der Waals surface area (Å²) >= 11 is 0. The van der Waals surface area contributed by atoms with Crippen molar-refractivity contribution in [2.45, 2.75) is 39.7 Å². The third-order valence-electron chi connectivity index (χ3n) is 5.40. The third kappa shape index (κ3) is 5.01. The summed E-state index contributed by atoms with van der Waals surface area (Å²) in [7, 11) is -0.854. The van der Waals surface area contributed by atoms with Crippen LogP contribution in [0.2, 0.25) is 0 Å². The first-order valence-corrected chi connectivity index (χ1v) is 11.7. The Morgan fingerprint density at radius 1 is 1.14 bits per heavy atom. The Hall–Kier alpha value is -1.43. The lowest BCUT2D eigenvalue weighted by atomic mass is 10.2. The molecule has 0 unspecified atom stereocenters. The second kappa shape index (κ2) is 9.59. The summed E-state index contributed by atoms with van der Waals surface area (Å²) in [5, 5.41) is 0. The van der Waals surface area contributed by atoms with E-state index in [1.807, 2.05) is 13.8 Å². The Balaban J connectivity index is 1.61. The van der Waals surface area contributed by atoms with Crippen LogP contribution in [0.1, 0.15) is 29.9 Å². The van der Waals surface area contributed by atoms with Crippen LogP contribution in [-0.2, 0) is 22.4 Å². The molecule has 0 atom stereocenters. The monoisotopic (exact) mass is 427 g/mol. The number of nitrogen functional groups attached to an aromatic ring is 1. The number of nitrogens with zero attached hydrogens (tertiary/aromatic N) is 4. The predicted molar refractivity (Wildman–Crippen MR) is 116 cm³/mol. The smallest absolute Gasteiger partial charge is 0.151 e. The molecule has 4 N–H and O–H groups in total. The largest absolute Gasteiger partial charge is 0.384 e. The molecule has 1 fully saturated rings. The molecular formula is C19H33N5O4S. The van der Waals surface area contributed by atoms with Crippen LogP contribution in [0.4, 0.5) is 5.82 Å². The minimum absolute atomic E-state index is 0.450. The Morgan fingerprint density at radius 3 is 2.62 bits per heavy atom. The minimum atomic E-state index is -2.53. The fraction of sp³-hybridized carbons (Fsp3) is 0.684. The second-order valence-corrected chi connectivity index (χ2v) is 9.60. The Morgan fingerprint density at radius 2 is 1.93 bits per heavy atom. The number of pyridine rings is 1. The number of rotatable bonds is 10. The zero-order chi connectivity index (χ0) is 21.0. The van der Waals surface area contributed by atoms with Crippen LogP contribution in [0, 0.1) is 13.8 Å². The van der Waals surface area contributed by atoms with Crippen LogP contribution in [0.25, 0.3) is 11.0 Å². The molecule has 2 aromatic heterocycles. The molecule has 0 aliphatic carbocycles. The molecule has 1 saturated heterocycles. The van der Waals surface area contributed by atoms with Crippen molar-refractivity contribution in [2.75, 3.05) is 51.5 Å². The molecular weight excluding hydrogens is 394 g/mol. The van der Waals surface area contributed by atoms with Gasteiger partial charge in [-0.25, -0.2) is 14.3 Å². The molecule has 0 radical (unpaired) electrons. The highest BCUT2D eigenvalue weighted by molar-refractivity contribution is 8.22. The van der Waals surface area contributed by atoms with Gasteiger partial charge in [-0.15, -0.1) is 10.8 Å². The van der Waals surface area contributed by atoms with Crippen molar-refractivity contribution in [3.05, 3.63) is 17.1 Å². The van der Waals surface area contributed by atoms with Gasteiger partial charge in [0.15, 0.2) is 5.82 Å². The highest BCUT2D eigenvalue weighted by atomic mass is 32.3. The van der Waals surface area contributed by atoms with Crippen molar-refractivity contribution < 1.29 is 18.6 Å². The Kier molecular flexibility index (Phi) is 7.36. The predicted octanol–water partition coefficient (Wildman–Crippen LogP) is 2.60. The van der Waals surface area contributed by atoms with Crippen molar-refractivity contribution >= 4 is 27.6 Å². The quantitative estimate of drug-likeness (QED) is 0.495. The average Bonchev–Trinajstić information content (AvgIpc) is 3.21. The van der Waals surface area contributed by atoms with Gasteiger partial charge in [-0.1, -0.05) is 0 Å². The van der Waals surface area contributed by atoms with Gasteiger partial charge in [-0.3, -0.25) is 9.11 Å². The number of aromatic nitrogens is 3. The summed E-state index contributed by atoms with van der Waals surface area (Å²) in [5.74, 6) is 1.85. The highest BCUT2D eigenvalue weighted by Crippen LogP contribution is 2.48. The SMILES string of the molecule is COCCc1nc2c(N)nc(C)c(C)c2n1CCOCCCN1CCCS1(O)O. The Labute approximate surface area is 173 Å². The molecule has 0 saturated carbocycles. The van der Waals surface area contributed by atoms with Crippen molar-refractivity contribution in [1.29, 1.82) is 0 Å². The fourth-order valence-corrected chi connectivity index (χ4v) is 5.36. The van der Waals surface area contributed by atoms with Crippen LogP contribution in [0.5, 0.6) is 0 Å². The zero-order valence-corrected chi connectivity index (χ0v) is 18.4. The number of imidazole rings is 1. The lowest BCUT2D eigenvalue weighted by Crippen LogP contribution is -2.24. The fourth-order valence-electron chi connectivity index (χ4n) is 3.74. The molecule has 1 aliphatic rings. The number of hydrogen-bond donors (Lipinski definition) is 3. The van der Waals surface area contributed by atoms with Gasteiger partial charge in [0, 0.05) is 45.5 Å². The van der Waals surface area contributed by atoms with Crippen LogP contribution in [0.15, 0.2) is 0 Å². The second-order valence-electron chi connectivity index (χ2n) is 7.41. The summed E-state index contributed by atoms with van der Waals surface area (Å²) in [6, 6.07) is 0. The van der Waals surface area contributed by atoms with E-state index in [1.54, 1.807) is 11.4 Å². The van der Waals surface area contributed by atoms with E-state index in [-0.39, 0.29) is 0 Å². The topological polar surface area (TPSA) is 119 Å². The maximum absolute atomic E-state index is 9.94. The molecule has 3 rings (SSSR count). The molecule has 0 amide bonds. The van der Waals surface area contributed by atoms with Gasteiger partial charge in [-0.2, -0.15) is 0 Å². The van der Waals surface area contributed by atoms with Gasteiger partial charge in [0.1, 0.15) is 11.3 Å². The molecule has 9 nitrogen and oxygen atoms in total. The lowest BCUT2D eigenvalue weighted by molar-refractivity contribution is 0.119. The number of aryl methyl sites for hydroxylation is 2. The van der Waals surface area contributed by atoms with Crippen LogP contribution >= 0.6 is 10.8 Å². The standard InChI is InChI=1S/C19H33N5O4S/c1-14-15(2)21-19(20)17-18(14)24(16(22-17)6-11-27-3)9-12-28-10-4-7-23-8-5-13-29(23,25)26/h25-26H,4-13H2,1-3H3,(H2,20,21). The van der Waals surface area contributed by atoms with E-state index in [0.717, 1.165) is 47.5 Å². The van der Waals surface area contributed by atoms with E-state index in [4.69, 9.17) is 20.2 Å². The number of methoxy groups -OCH3 is 1. The molecule has 3 heterocycles. The maximum atomic E-state index is 9.94. The molecule has 0 spiro atoms. The molecule has 0 bridgehead atoms. The van der Waals surface area contributed by atoms with Crippen molar-refractivity contribution in [3.8, 4) is 0 Å². The molecule has 1 aliphatic heterocycles. The van der Waals surface area contributed by atoms with E-state index >= 15 is 0 Å². The van der Waals surface area contributed by atoms with Crippen molar-refractivity contribution in [1.82, 2.24) is 18.8 Å². The van der Waals surface area contributed by atoms with Gasteiger partial charge >= 0.3 is 0 Å². The zero-order valence-electron chi connectivity index (χ0n) is 17.6. The third-order valence-corrected chi connectivity index (χ3v) is 7.43. The summed E-state index contributed by atoms with van der Waals surface area (Å²) in [6.45, 7) is 7.76.